The Morgan fingerprint density at radius 3 is 2.57 bits per heavy atom. The van der Waals surface area contributed by atoms with Gasteiger partial charge in [0.1, 0.15) is 0 Å². The predicted molar refractivity (Wildman–Crippen MR) is 104 cm³/mol. The maximum atomic E-state index is 5.71. The molecule has 0 amide bonds. The largest absolute Gasteiger partial charge is 0.370 e. The summed E-state index contributed by atoms with van der Waals surface area (Å²) in [4.78, 5) is 3.78. The maximum absolute atomic E-state index is 5.71. The second kappa shape index (κ2) is 12.1. The fraction of sp³-hybridized carbons (Fsp3) is 0.474. The van der Waals surface area contributed by atoms with Crippen LogP contribution in [0, 0.1) is 0 Å². The van der Waals surface area contributed by atoms with Gasteiger partial charge in [0, 0.05) is 43.3 Å². The average molecular weight is 334 g/mol. The molecule has 23 heavy (non-hydrogen) atoms. The van der Waals surface area contributed by atoms with Crippen LogP contribution in [0.2, 0.25) is 0 Å². The molecule has 0 radical (unpaired) electrons. The highest BCUT2D eigenvalue weighted by Gasteiger charge is 2.08. The topological polar surface area (TPSA) is 41.3 Å². The van der Waals surface area contributed by atoms with Crippen LogP contribution < -0.4 is 16.0 Å². The number of anilines is 1. The Labute approximate surface area is 145 Å². The number of nitrogens with one attached hydrogen (secondary N) is 1. The van der Waals surface area contributed by atoms with E-state index in [1.54, 1.807) is 0 Å². The summed E-state index contributed by atoms with van der Waals surface area (Å²) < 4.78 is 0. The Bertz CT molecular complexity index is 511. The highest BCUT2D eigenvalue weighted by Crippen LogP contribution is 2.19. The van der Waals surface area contributed by atoms with Crippen LogP contribution in [0.1, 0.15) is 31.2 Å². The molecule has 0 aliphatic rings. The fourth-order valence-corrected chi connectivity index (χ4v) is 3.17. The Morgan fingerprint density at radius 2 is 1.91 bits per heavy atom. The number of likely N-dealkylation sites (N-methyl/N-ethyl adjacent to an activating group) is 1. The van der Waals surface area contributed by atoms with Crippen LogP contribution in [-0.2, 0) is 13.0 Å². The smallest absolute Gasteiger partial charge is 0.0412 e. The maximum Gasteiger partial charge on any atom is 0.0412 e. The lowest BCUT2D eigenvalue weighted by atomic mass is 10.1. The molecular weight excluding hydrogens is 302 g/mol. The summed E-state index contributed by atoms with van der Waals surface area (Å²) >= 11 is 1.83. The Morgan fingerprint density at radius 1 is 1.13 bits per heavy atom. The van der Waals surface area contributed by atoms with Crippen molar-refractivity contribution in [3.05, 3.63) is 52.2 Å². The van der Waals surface area contributed by atoms with Crippen molar-refractivity contribution in [3.8, 4) is 0 Å². The van der Waals surface area contributed by atoms with Crippen LogP contribution in [0.4, 0.5) is 5.69 Å². The Balaban J connectivity index is 0.00000127. The molecule has 2 rings (SSSR count). The fourth-order valence-electron chi connectivity index (χ4n) is 2.46. The van der Waals surface area contributed by atoms with E-state index < -0.39 is 0 Å². The van der Waals surface area contributed by atoms with Crippen molar-refractivity contribution in [2.45, 2.75) is 33.7 Å². The summed E-state index contributed by atoms with van der Waals surface area (Å²) in [6.07, 6.45) is 1.10. The molecule has 0 atom stereocenters. The number of rotatable bonds is 9. The van der Waals surface area contributed by atoms with E-state index in [0.29, 0.717) is 6.54 Å². The van der Waals surface area contributed by atoms with Crippen molar-refractivity contribution in [1.82, 2.24) is 5.32 Å². The minimum Gasteiger partial charge on any atom is -0.370 e. The minimum atomic E-state index is 0.688. The summed E-state index contributed by atoms with van der Waals surface area (Å²) in [5, 5.41) is 5.69. The first-order valence-corrected chi connectivity index (χ1v) is 9.49. The second-order valence-corrected chi connectivity index (χ2v) is 6.04. The standard InChI is InChI=1S/C17H25N3S.C2H6/c1-2-20(12-10-18)17-8-4-3-6-15(17)14-19-11-9-16-7-5-13-21-16;1-2/h3-8,13,19H,2,9-12,14,18H2,1H3;1-2H3. The van der Waals surface area contributed by atoms with Gasteiger partial charge in [-0.3, -0.25) is 0 Å². The molecule has 0 saturated heterocycles. The van der Waals surface area contributed by atoms with E-state index in [9.17, 15) is 0 Å². The average Bonchev–Trinajstić information content (AvgIpc) is 3.12. The predicted octanol–water partition coefficient (Wildman–Crippen LogP) is 3.89. The first-order chi connectivity index (χ1) is 11.3. The van der Waals surface area contributed by atoms with Gasteiger partial charge in [0.15, 0.2) is 0 Å². The summed E-state index contributed by atoms with van der Waals surface area (Å²) in [6, 6.07) is 12.9. The monoisotopic (exact) mass is 333 g/mol. The van der Waals surface area contributed by atoms with Crippen molar-refractivity contribution < 1.29 is 0 Å². The summed E-state index contributed by atoms with van der Waals surface area (Å²) in [6.45, 7) is 10.7. The van der Waals surface area contributed by atoms with Crippen molar-refractivity contribution >= 4 is 17.0 Å². The third-order valence-electron chi connectivity index (χ3n) is 3.56. The lowest BCUT2D eigenvalue weighted by Gasteiger charge is -2.25. The molecule has 0 aliphatic carbocycles. The van der Waals surface area contributed by atoms with Crippen molar-refractivity contribution in [1.29, 1.82) is 0 Å². The Kier molecular flexibility index (Phi) is 10.4. The summed E-state index contributed by atoms with van der Waals surface area (Å²) in [7, 11) is 0. The van der Waals surface area contributed by atoms with Crippen molar-refractivity contribution in [3.63, 3.8) is 0 Å². The highest BCUT2D eigenvalue weighted by molar-refractivity contribution is 7.09. The van der Waals surface area contributed by atoms with E-state index in [-0.39, 0.29) is 0 Å². The van der Waals surface area contributed by atoms with E-state index in [2.05, 4.69) is 58.9 Å². The van der Waals surface area contributed by atoms with E-state index in [0.717, 1.165) is 32.6 Å². The zero-order valence-electron chi connectivity index (χ0n) is 14.7. The van der Waals surface area contributed by atoms with E-state index in [4.69, 9.17) is 5.73 Å². The SMILES string of the molecule is CC.CCN(CCN)c1ccccc1CNCCc1cccs1. The highest BCUT2D eigenvalue weighted by atomic mass is 32.1. The number of nitrogens with zero attached hydrogens (tertiary/aromatic N) is 1. The molecule has 0 bridgehead atoms. The molecule has 4 heteroatoms. The van der Waals surface area contributed by atoms with Gasteiger partial charge in [-0.1, -0.05) is 38.1 Å². The zero-order valence-corrected chi connectivity index (χ0v) is 15.5. The van der Waals surface area contributed by atoms with Gasteiger partial charge < -0.3 is 16.0 Å². The molecular formula is C19H31N3S. The number of hydrogen-bond donors (Lipinski definition) is 2. The molecule has 1 aromatic carbocycles. The molecule has 1 heterocycles. The van der Waals surface area contributed by atoms with Gasteiger partial charge in [0.25, 0.3) is 0 Å². The quantitative estimate of drug-likeness (QED) is 0.684. The zero-order chi connectivity index (χ0) is 16.9. The van der Waals surface area contributed by atoms with Crippen molar-refractivity contribution in [2.75, 3.05) is 31.1 Å². The number of thiophene rings is 1. The van der Waals surface area contributed by atoms with Gasteiger partial charge in [-0.05, 0) is 36.4 Å². The van der Waals surface area contributed by atoms with Gasteiger partial charge in [0.05, 0.1) is 0 Å². The van der Waals surface area contributed by atoms with Gasteiger partial charge in [-0.2, -0.15) is 0 Å². The lowest BCUT2D eigenvalue weighted by Crippen LogP contribution is -2.30. The Hall–Kier alpha value is -1.36. The molecule has 3 nitrogen and oxygen atoms in total. The van der Waals surface area contributed by atoms with E-state index in [1.165, 1.54) is 16.1 Å². The molecule has 3 N–H and O–H groups in total. The van der Waals surface area contributed by atoms with Crippen LogP contribution in [0.25, 0.3) is 0 Å². The van der Waals surface area contributed by atoms with Gasteiger partial charge in [-0.15, -0.1) is 11.3 Å². The van der Waals surface area contributed by atoms with Crippen LogP contribution in [-0.4, -0.2) is 26.2 Å². The first kappa shape index (κ1) is 19.7. The van der Waals surface area contributed by atoms with Crippen molar-refractivity contribution in [2.24, 2.45) is 5.73 Å². The van der Waals surface area contributed by atoms with Crippen LogP contribution in [0.3, 0.4) is 0 Å². The molecule has 0 aliphatic heterocycles. The molecule has 0 unspecified atom stereocenters. The minimum absolute atomic E-state index is 0.688. The summed E-state index contributed by atoms with van der Waals surface area (Å²) in [5.74, 6) is 0. The molecule has 0 spiro atoms. The van der Waals surface area contributed by atoms with Crippen LogP contribution in [0.15, 0.2) is 41.8 Å². The number of nitrogens with two attached hydrogens (primary N) is 1. The molecule has 2 aromatic rings. The number of para-hydroxylation sites is 1. The van der Waals surface area contributed by atoms with E-state index >= 15 is 0 Å². The third-order valence-corrected chi connectivity index (χ3v) is 4.49. The van der Waals surface area contributed by atoms with Crippen LogP contribution in [0.5, 0.6) is 0 Å². The molecule has 0 fully saturated rings. The molecule has 0 saturated carbocycles. The third kappa shape index (κ3) is 6.73. The van der Waals surface area contributed by atoms with E-state index in [1.807, 2.05) is 25.2 Å². The second-order valence-electron chi connectivity index (χ2n) is 5.00. The summed E-state index contributed by atoms with van der Waals surface area (Å²) in [5.41, 5.74) is 8.36. The van der Waals surface area contributed by atoms with Gasteiger partial charge in [0.2, 0.25) is 0 Å². The van der Waals surface area contributed by atoms with Gasteiger partial charge in [-0.25, -0.2) is 0 Å². The lowest BCUT2D eigenvalue weighted by molar-refractivity contribution is 0.686. The number of benzene rings is 1. The van der Waals surface area contributed by atoms with Crippen LogP contribution >= 0.6 is 11.3 Å². The first-order valence-electron chi connectivity index (χ1n) is 8.61. The number of hydrogen-bond acceptors (Lipinski definition) is 4. The normalized spacial score (nSPS) is 10.1. The molecule has 1 aromatic heterocycles. The van der Waals surface area contributed by atoms with Gasteiger partial charge >= 0.3 is 0 Å². The molecule has 128 valence electrons.